The van der Waals surface area contributed by atoms with Gasteiger partial charge in [0.1, 0.15) is 10.7 Å². The highest BCUT2D eigenvalue weighted by Gasteiger charge is 2.19. The van der Waals surface area contributed by atoms with E-state index in [9.17, 15) is 4.79 Å². The van der Waals surface area contributed by atoms with Crippen molar-refractivity contribution < 1.29 is 14.3 Å². The fourth-order valence-electron chi connectivity index (χ4n) is 3.41. The summed E-state index contributed by atoms with van der Waals surface area (Å²) in [5, 5.41) is 6.75. The van der Waals surface area contributed by atoms with Crippen molar-refractivity contribution in [2.75, 3.05) is 26.9 Å². The van der Waals surface area contributed by atoms with E-state index < -0.39 is 0 Å². The molecule has 1 amide bonds. The molecule has 0 saturated carbocycles. The fraction of sp³-hybridized carbons (Fsp3) is 0.400. The molecule has 27 heavy (non-hydrogen) atoms. The first kappa shape index (κ1) is 18.2. The van der Waals surface area contributed by atoms with E-state index >= 15 is 0 Å². The van der Waals surface area contributed by atoms with Crippen LogP contribution in [0.4, 0.5) is 0 Å². The number of para-hydroxylation sites is 1. The van der Waals surface area contributed by atoms with Gasteiger partial charge < -0.3 is 19.4 Å². The minimum absolute atomic E-state index is 0.128. The van der Waals surface area contributed by atoms with Crippen molar-refractivity contribution in [3.05, 3.63) is 41.4 Å². The zero-order valence-corrected chi connectivity index (χ0v) is 16.1. The number of rotatable bonds is 7. The van der Waals surface area contributed by atoms with Gasteiger partial charge in [-0.05, 0) is 25.0 Å². The third-order valence-electron chi connectivity index (χ3n) is 4.80. The summed E-state index contributed by atoms with van der Waals surface area (Å²) < 4.78 is 13.0. The molecule has 142 valence electrons. The van der Waals surface area contributed by atoms with E-state index in [1.54, 1.807) is 7.11 Å². The molecule has 3 heterocycles. The van der Waals surface area contributed by atoms with Crippen LogP contribution >= 0.6 is 11.3 Å². The van der Waals surface area contributed by atoms with E-state index in [0.717, 1.165) is 47.6 Å². The highest BCUT2D eigenvalue weighted by Crippen LogP contribution is 2.30. The molecule has 1 aliphatic rings. The normalized spacial score (nSPS) is 16.9. The Morgan fingerprint density at radius 2 is 2.33 bits per heavy atom. The lowest BCUT2D eigenvalue weighted by molar-refractivity contribution is 0.0854. The molecule has 1 aromatic carbocycles. The van der Waals surface area contributed by atoms with E-state index in [-0.39, 0.29) is 12.0 Å². The van der Waals surface area contributed by atoms with E-state index in [1.807, 2.05) is 17.5 Å². The van der Waals surface area contributed by atoms with Gasteiger partial charge in [-0.25, -0.2) is 4.98 Å². The topological polar surface area (TPSA) is 65.4 Å². The fourth-order valence-corrected chi connectivity index (χ4v) is 4.23. The molecule has 4 rings (SSSR count). The maximum Gasteiger partial charge on any atom is 0.270 e. The van der Waals surface area contributed by atoms with Crippen molar-refractivity contribution in [2.24, 2.45) is 0 Å². The number of fused-ring (bicyclic) bond motifs is 1. The maximum absolute atomic E-state index is 12.4. The second-order valence-corrected chi connectivity index (χ2v) is 7.47. The van der Waals surface area contributed by atoms with Crippen LogP contribution in [-0.2, 0) is 16.0 Å². The number of ether oxygens (including phenoxy) is 2. The summed E-state index contributed by atoms with van der Waals surface area (Å²) in [6.45, 7) is 2.68. The monoisotopic (exact) mass is 385 g/mol. The Bertz CT molecular complexity index is 928. The molecule has 2 aromatic heterocycles. The van der Waals surface area contributed by atoms with Crippen LogP contribution in [0.1, 0.15) is 23.3 Å². The molecular formula is C20H23N3O3S. The molecule has 0 bridgehead atoms. The summed E-state index contributed by atoms with van der Waals surface area (Å²) in [6.07, 6.45) is 2.19. The van der Waals surface area contributed by atoms with Crippen LogP contribution in [0.25, 0.3) is 21.6 Å². The molecule has 0 spiro atoms. The predicted octanol–water partition coefficient (Wildman–Crippen LogP) is 3.32. The number of benzene rings is 1. The second-order valence-electron chi connectivity index (χ2n) is 6.62. The molecule has 1 fully saturated rings. The van der Waals surface area contributed by atoms with E-state index in [0.29, 0.717) is 18.8 Å². The molecule has 1 saturated heterocycles. The van der Waals surface area contributed by atoms with Crippen LogP contribution in [-0.4, -0.2) is 48.4 Å². The SMILES string of the molecule is COCCn1c(-c2nc(C(=O)NCC3CCCO3)cs2)cc2ccccc21. The van der Waals surface area contributed by atoms with Crippen molar-refractivity contribution in [1.82, 2.24) is 14.9 Å². The largest absolute Gasteiger partial charge is 0.383 e. The lowest BCUT2D eigenvalue weighted by Gasteiger charge is -2.09. The van der Waals surface area contributed by atoms with Crippen LogP contribution in [0.15, 0.2) is 35.7 Å². The van der Waals surface area contributed by atoms with Crippen LogP contribution in [0.2, 0.25) is 0 Å². The smallest absolute Gasteiger partial charge is 0.270 e. The highest BCUT2D eigenvalue weighted by molar-refractivity contribution is 7.13. The molecule has 3 aromatic rings. The van der Waals surface area contributed by atoms with Gasteiger partial charge in [-0.15, -0.1) is 11.3 Å². The summed E-state index contributed by atoms with van der Waals surface area (Å²) in [5.41, 5.74) is 2.61. The van der Waals surface area contributed by atoms with Crippen molar-refractivity contribution in [3.63, 3.8) is 0 Å². The van der Waals surface area contributed by atoms with Crippen LogP contribution in [0.5, 0.6) is 0 Å². The third kappa shape index (κ3) is 3.90. The highest BCUT2D eigenvalue weighted by atomic mass is 32.1. The second kappa shape index (κ2) is 8.21. The zero-order valence-electron chi connectivity index (χ0n) is 15.3. The molecule has 0 radical (unpaired) electrons. The first-order valence-electron chi connectivity index (χ1n) is 9.19. The number of nitrogens with one attached hydrogen (secondary N) is 1. The Morgan fingerprint density at radius 1 is 1.44 bits per heavy atom. The molecule has 7 heteroatoms. The predicted molar refractivity (Wildman–Crippen MR) is 106 cm³/mol. The number of carbonyl (C=O) groups is 1. The Labute approximate surface area is 162 Å². The quantitative estimate of drug-likeness (QED) is 0.678. The van der Waals surface area contributed by atoms with Gasteiger partial charge in [0, 0.05) is 43.1 Å². The van der Waals surface area contributed by atoms with Gasteiger partial charge in [-0.3, -0.25) is 4.79 Å². The number of hydrogen-bond acceptors (Lipinski definition) is 5. The minimum atomic E-state index is -0.146. The van der Waals surface area contributed by atoms with E-state index in [2.05, 4.69) is 33.1 Å². The van der Waals surface area contributed by atoms with Gasteiger partial charge in [0.15, 0.2) is 0 Å². The molecule has 1 atom stereocenters. The number of thiazole rings is 1. The number of amides is 1. The van der Waals surface area contributed by atoms with Gasteiger partial charge in [0.05, 0.1) is 18.4 Å². The lowest BCUT2D eigenvalue weighted by atomic mass is 10.2. The molecular weight excluding hydrogens is 362 g/mol. The Balaban J connectivity index is 1.56. The zero-order chi connectivity index (χ0) is 18.6. The lowest BCUT2D eigenvalue weighted by Crippen LogP contribution is -2.31. The molecule has 1 N–H and O–H groups in total. The summed E-state index contributed by atoms with van der Waals surface area (Å²) in [6, 6.07) is 10.4. The summed E-state index contributed by atoms with van der Waals surface area (Å²) in [4.78, 5) is 17.0. The number of carbonyl (C=O) groups excluding carboxylic acids is 1. The first-order valence-corrected chi connectivity index (χ1v) is 10.1. The number of methoxy groups -OCH3 is 1. The molecule has 6 nitrogen and oxygen atoms in total. The number of hydrogen-bond donors (Lipinski definition) is 1. The number of aromatic nitrogens is 2. The van der Waals surface area contributed by atoms with Gasteiger partial charge in [0.2, 0.25) is 0 Å². The average molecular weight is 385 g/mol. The van der Waals surface area contributed by atoms with Crippen molar-refractivity contribution >= 4 is 28.1 Å². The van der Waals surface area contributed by atoms with Gasteiger partial charge in [-0.2, -0.15) is 0 Å². The van der Waals surface area contributed by atoms with E-state index in [1.165, 1.54) is 11.3 Å². The van der Waals surface area contributed by atoms with Crippen LogP contribution in [0.3, 0.4) is 0 Å². The Hall–Kier alpha value is -2.22. The molecule has 0 aliphatic carbocycles. The minimum Gasteiger partial charge on any atom is -0.383 e. The van der Waals surface area contributed by atoms with Gasteiger partial charge in [-0.1, -0.05) is 18.2 Å². The summed E-state index contributed by atoms with van der Waals surface area (Å²) in [5.74, 6) is -0.146. The van der Waals surface area contributed by atoms with Gasteiger partial charge in [0.25, 0.3) is 5.91 Å². The Morgan fingerprint density at radius 3 is 3.15 bits per heavy atom. The van der Waals surface area contributed by atoms with Gasteiger partial charge >= 0.3 is 0 Å². The molecule has 1 aliphatic heterocycles. The van der Waals surface area contributed by atoms with Crippen molar-refractivity contribution in [2.45, 2.75) is 25.5 Å². The van der Waals surface area contributed by atoms with E-state index in [4.69, 9.17) is 9.47 Å². The van der Waals surface area contributed by atoms with Crippen molar-refractivity contribution in [3.8, 4) is 10.7 Å². The van der Waals surface area contributed by atoms with Crippen molar-refractivity contribution in [1.29, 1.82) is 0 Å². The number of nitrogens with zero attached hydrogens (tertiary/aromatic N) is 2. The average Bonchev–Trinajstić information content (AvgIpc) is 3.44. The summed E-state index contributed by atoms with van der Waals surface area (Å²) >= 11 is 1.49. The first-order chi connectivity index (χ1) is 13.3. The molecule has 1 unspecified atom stereocenters. The summed E-state index contributed by atoms with van der Waals surface area (Å²) in [7, 11) is 1.70. The third-order valence-corrected chi connectivity index (χ3v) is 5.66. The standard InChI is InChI=1S/C20H23N3O3S/c1-25-10-8-23-17-7-3-2-5-14(17)11-18(23)20-22-16(13-27-20)19(24)21-12-15-6-4-9-26-15/h2-3,5,7,11,13,15H,4,6,8-10,12H2,1H3,(H,21,24). The maximum atomic E-state index is 12.4. The van der Waals surface area contributed by atoms with Crippen LogP contribution in [0, 0.1) is 0 Å². The van der Waals surface area contributed by atoms with Crippen LogP contribution < -0.4 is 5.32 Å². The Kier molecular flexibility index (Phi) is 5.52.